The number of rotatable bonds is 5. The van der Waals surface area contributed by atoms with E-state index >= 15 is 0 Å². The van der Waals surface area contributed by atoms with Crippen molar-refractivity contribution in [3.8, 4) is 0 Å². The third kappa shape index (κ3) is 3.95. The Morgan fingerprint density at radius 3 is 2.35 bits per heavy atom. The lowest BCUT2D eigenvalue weighted by Crippen LogP contribution is -2.58. The summed E-state index contributed by atoms with van der Waals surface area (Å²) in [5.41, 5.74) is 0.172. The first-order chi connectivity index (χ1) is 11.9. The second-order valence-electron chi connectivity index (χ2n) is 6.74. The van der Waals surface area contributed by atoms with E-state index in [-0.39, 0.29) is 35.7 Å². The maximum atomic E-state index is 13.0. The zero-order chi connectivity index (χ0) is 19.8. The minimum Gasteiger partial charge on any atom is -0.381 e. The summed E-state index contributed by atoms with van der Waals surface area (Å²) in [6.07, 6.45) is -6.33. The molecule has 0 aromatic heterocycles. The van der Waals surface area contributed by atoms with Crippen LogP contribution in [0.2, 0.25) is 0 Å². The fourth-order valence-corrected chi connectivity index (χ4v) is 5.67. The molecule has 1 aliphatic heterocycles. The van der Waals surface area contributed by atoms with Gasteiger partial charge in [0, 0.05) is 24.5 Å². The van der Waals surface area contributed by atoms with Crippen LogP contribution >= 0.6 is 11.6 Å². The van der Waals surface area contributed by atoms with Crippen LogP contribution in [0.15, 0.2) is 10.6 Å². The molecule has 0 bridgehead atoms. The van der Waals surface area contributed by atoms with Crippen LogP contribution in [-0.4, -0.2) is 57.3 Å². The van der Waals surface area contributed by atoms with Crippen molar-refractivity contribution in [2.24, 2.45) is 5.92 Å². The van der Waals surface area contributed by atoms with Crippen LogP contribution in [0.1, 0.15) is 32.6 Å². The monoisotopic (exact) mass is 418 g/mol. The predicted molar refractivity (Wildman–Crippen MR) is 89.7 cm³/mol. The van der Waals surface area contributed by atoms with Gasteiger partial charge in [-0.2, -0.15) is 13.2 Å². The van der Waals surface area contributed by atoms with E-state index in [1.807, 2.05) is 0 Å². The first-order valence-corrected chi connectivity index (χ1v) is 10.6. The Hall–Kier alpha value is -0.640. The molecule has 0 aromatic carbocycles. The number of hydrogen-bond acceptors (Lipinski definition) is 5. The van der Waals surface area contributed by atoms with Gasteiger partial charge in [-0.3, -0.25) is 0 Å². The highest BCUT2D eigenvalue weighted by Crippen LogP contribution is 2.47. The van der Waals surface area contributed by atoms with Crippen LogP contribution in [0.3, 0.4) is 0 Å². The molecule has 10 heteroatoms. The van der Waals surface area contributed by atoms with Crippen molar-refractivity contribution in [2.75, 3.05) is 19.5 Å². The number of carbonyl (C=O) groups excluding carboxylic acids is 1. The maximum Gasteiger partial charge on any atom is 0.414 e. The van der Waals surface area contributed by atoms with Crippen LogP contribution in [-0.2, 0) is 24.1 Å². The summed E-state index contributed by atoms with van der Waals surface area (Å²) in [4.78, 5) is 12.1. The summed E-state index contributed by atoms with van der Waals surface area (Å²) in [6.45, 7) is 1.52. The number of allylic oxidation sites excluding steroid dienone is 1. The van der Waals surface area contributed by atoms with Gasteiger partial charge < -0.3 is 14.3 Å². The first kappa shape index (κ1) is 21.7. The van der Waals surface area contributed by atoms with Crippen molar-refractivity contribution in [2.45, 2.75) is 55.7 Å². The average molecular weight is 419 g/mol. The van der Waals surface area contributed by atoms with Gasteiger partial charge in [0.15, 0.2) is 20.7 Å². The predicted octanol–water partition coefficient (Wildman–Crippen LogP) is 3.02. The van der Waals surface area contributed by atoms with E-state index in [0.717, 1.165) is 13.2 Å². The van der Waals surface area contributed by atoms with Crippen LogP contribution < -0.4 is 0 Å². The number of hydrogen-bond donors (Lipinski definition) is 0. The van der Waals surface area contributed by atoms with E-state index in [9.17, 15) is 26.4 Å². The third-order valence-electron chi connectivity index (χ3n) is 5.07. The third-order valence-corrected chi connectivity index (χ3v) is 7.26. The summed E-state index contributed by atoms with van der Waals surface area (Å²) in [6, 6.07) is 0. The zero-order valence-corrected chi connectivity index (χ0v) is 16.1. The van der Waals surface area contributed by atoms with E-state index in [4.69, 9.17) is 21.1 Å². The molecule has 1 aliphatic carbocycles. The van der Waals surface area contributed by atoms with E-state index in [2.05, 4.69) is 0 Å². The molecular formula is C16H22ClF3O5S. The molecule has 0 radical (unpaired) electrons. The number of alkyl halides is 3. The van der Waals surface area contributed by atoms with E-state index in [1.54, 1.807) is 0 Å². The molecule has 1 saturated heterocycles. The molecule has 0 aromatic rings. The molecule has 1 heterocycles. The summed E-state index contributed by atoms with van der Waals surface area (Å²) < 4.78 is 72.4. The molecule has 1 fully saturated rings. The average Bonchev–Trinajstić information content (AvgIpc) is 2.54. The van der Waals surface area contributed by atoms with Gasteiger partial charge in [-0.15, -0.1) is 0 Å². The standard InChI is InChI=1S/C16H22ClF3O5S/c1-10(16(18,19)20)25-13-4-3-12(17)14(11-5-7-24-8-6-11)15(13,9-21)26(2,22)23/h9-11,13H,3-8H2,1-2H3/t10-,13?,15?/m0/s1. The molecule has 0 amide bonds. The van der Waals surface area contributed by atoms with Gasteiger partial charge in [0.1, 0.15) is 6.29 Å². The summed E-state index contributed by atoms with van der Waals surface area (Å²) >= 11 is 6.31. The molecular weight excluding hydrogens is 397 g/mol. The van der Waals surface area contributed by atoms with Gasteiger partial charge in [-0.05, 0) is 44.1 Å². The van der Waals surface area contributed by atoms with Crippen molar-refractivity contribution >= 4 is 27.7 Å². The molecule has 5 nitrogen and oxygen atoms in total. The van der Waals surface area contributed by atoms with Crippen LogP contribution in [0.5, 0.6) is 0 Å². The minimum absolute atomic E-state index is 0.0855. The van der Waals surface area contributed by atoms with Gasteiger partial charge in [-0.25, -0.2) is 8.42 Å². The topological polar surface area (TPSA) is 69.7 Å². The quantitative estimate of drug-likeness (QED) is 0.642. The lowest BCUT2D eigenvalue weighted by atomic mass is 9.75. The Kier molecular flexibility index (Phi) is 6.47. The van der Waals surface area contributed by atoms with Gasteiger partial charge in [-0.1, -0.05) is 11.6 Å². The van der Waals surface area contributed by atoms with Crippen molar-refractivity contribution < 1.29 is 35.9 Å². The molecule has 2 unspecified atom stereocenters. The molecule has 2 rings (SSSR count). The fourth-order valence-electron chi connectivity index (χ4n) is 3.68. The number of carbonyl (C=O) groups is 1. The fraction of sp³-hybridized carbons (Fsp3) is 0.812. The Balaban J connectivity index is 2.55. The summed E-state index contributed by atoms with van der Waals surface area (Å²) in [5.74, 6) is -0.358. The Morgan fingerprint density at radius 2 is 1.88 bits per heavy atom. The lowest BCUT2D eigenvalue weighted by Gasteiger charge is -2.44. The SMILES string of the molecule is C[C@H](OC1CCC(Cl)=C(C2CCOCC2)C1(C=O)S(C)(=O)=O)C(F)(F)F. The maximum absolute atomic E-state index is 13.0. The van der Waals surface area contributed by atoms with Gasteiger partial charge >= 0.3 is 6.18 Å². The second-order valence-corrected chi connectivity index (χ2v) is 9.41. The molecule has 0 N–H and O–H groups in total. The smallest absolute Gasteiger partial charge is 0.381 e. The first-order valence-electron chi connectivity index (χ1n) is 8.30. The van der Waals surface area contributed by atoms with Crippen molar-refractivity contribution in [1.82, 2.24) is 0 Å². The van der Waals surface area contributed by atoms with Crippen molar-refractivity contribution in [3.05, 3.63) is 10.6 Å². The van der Waals surface area contributed by atoms with Crippen LogP contribution in [0.4, 0.5) is 13.2 Å². The van der Waals surface area contributed by atoms with Gasteiger partial charge in [0.05, 0.1) is 6.10 Å². The normalized spacial score (nSPS) is 30.3. The molecule has 26 heavy (non-hydrogen) atoms. The minimum atomic E-state index is -4.67. The lowest BCUT2D eigenvalue weighted by molar-refractivity contribution is -0.229. The molecule has 2 aliphatic rings. The Labute approximate surface area is 155 Å². The Bertz CT molecular complexity index is 670. The molecule has 3 atom stereocenters. The summed E-state index contributed by atoms with van der Waals surface area (Å²) in [5, 5.41) is 0.217. The summed E-state index contributed by atoms with van der Waals surface area (Å²) in [7, 11) is -4.15. The van der Waals surface area contributed by atoms with Crippen molar-refractivity contribution in [3.63, 3.8) is 0 Å². The van der Waals surface area contributed by atoms with E-state index in [0.29, 0.717) is 26.1 Å². The zero-order valence-electron chi connectivity index (χ0n) is 14.5. The Morgan fingerprint density at radius 1 is 1.31 bits per heavy atom. The second kappa shape index (κ2) is 7.77. The highest BCUT2D eigenvalue weighted by Gasteiger charge is 2.58. The van der Waals surface area contributed by atoms with Gasteiger partial charge in [0.2, 0.25) is 0 Å². The van der Waals surface area contributed by atoms with E-state index < -0.39 is 33.0 Å². The van der Waals surface area contributed by atoms with Gasteiger partial charge in [0.25, 0.3) is 0 Å². The number of ether oxygens (including phenoxy) is 2. The number of halogens is 4. The van der Waals surface area contributed by atoms with E-state index in [1.165, 1.54) is 0 Å². The van der Waals surface area contributed by atoms with Crippen LogP contribution in [0, 0.1) is 5.92 Å². The van der Waals surface area contributed by atoms with Crippen LogP contribution in [0.25, 0.3) is 0 Å². The molecule has 0 saturated carbocycles. The molecule has 0 spiro atoms. The number of aldehydes is 1. The largest absolute Gasteiger partial charge is 0.414 e. The van der Waals surface area contributed by atoms with Crippen molar-refractivity contribution in [1.29, 1.82) is 0 Å². The highest BCUT2D eigenvalue weighted by molar-refractivity contribution is 7.93. The highest BCUT2D eigenvalue weighted by atomic mass is 35.5. The number of sulfone groups is 1. The molecule has 150 valence electrons.